The average Bonchev–Trinajstić information content (AvgIpc) is 2.46. The van der Waals surface area contributed by atoms with Crippen molar-refractivity contribution in [3.63, 3.8) is 0 Å². The van der Waals surface area contributed by atoms with Gasteiger partial charge in [0.2, 0.25) is 0 Å². The molecule has 3 rings (SSSR count). The average molecular weight is 270 g/mol. The van der Waals surface area contributed by atoms with Crippen molar-refractivity contribution >= 4 is 16.8 Å². The molecule has 1 unspecified atom stereocenters. The maximum atomic E-state index is 12.5. The minimum absolute atomic E-state index is 0.0359. The van der Waals surface area contributed by atoms with Crippen LogP contribution in [0.3, 0.4) is 0 Å². The third-order valence-electron chi connectivity index (χ3n) is 3.90. The first-order valence-corrected chi connectivity index (χ1v) is 7.02. The fraction of sp³-hybridized carbons (Fsp3) is 0.375. The first kappa shape index (κ1) is 12.9. The Labute approximate surface area is 118 Å². The number of nitrogens with zero attached hydrogens (tertiary/aromatic N) is 2. The van der Waals surface area contributed by atoms with Gasteiger partial charge in [-0.15, -0.1) is 0 Å². The Morgan fingerprint density at radius 2 is 2.30 bits per heavy atom. The van der Waals surface area contributed by atoms with E-state index < -0.39 is 0 Å². The van der Waals surface area contributed by atoms with Crippen molar-refractivity contribution in [1.29, 1.82) is 0 Å². The molecule has 0 radical (unpaired) electrons. The van der Waals surface area contributed by atoms with Crippen molar-refractivity contribution < 1.29 is 9.90 Å². The summed E-state index contributed by atoms with van der Waals surface area (Å²) in [5.41, 5.74) is 1.09. The Bertz CT molecular complexity index is 654. The van der Waals surface area contributed by atoms with E-state index in [0.717, 1.165) is 36.8 Å². The maximum absolute atomic E-state index is 12.5. The summed E-state index contributed by atoms with van der Waals surface area (Å²) in [6, 6.07) is 6.99. The summed E-state index contributed by atoms with van der Waals surface area (Å²) in [6.07, 6.45) is 3.88. The minimum Gasteiger partial charge on any atom is -0.507 e. The van der Waals surface area contributed by atoms with Gasteiger partial charge in [-0.05, 0) is 37.0 Å². The largest absolute Gasteiger partial charge is 0.507 e. The van der Waals surface area contributed by atoms with Crippen molar-refractivity contribution in [2.75, 3.05) is 13.1 Å². The Morgan fingerprint density at radius 1 is 1.45 bits per heavy atom. The molecular weight excluding hydrogens is 252 g/mol. The zero-order valence-corrected chi connectivity index (χ0v) is 11.5. The van der Waals surface area contributed by atoms with Crippen LogP contribution in [0.2, 0.25) is 0 Å². The van der Waals surface area contributed by atoms with Crippen LogP contribution in [-0.2, 0) is 0 Å². The first-order valence-electron chi connectivity index (χ1n) is 7.02. The van der Waals surface area contributed by atoms with E-state index in [4.69, 9.17) is 0 Å². The van der Waals surface area contributed by atoms with E-state index in [-0.39, 0.29) is 11.7 Å². The van der Waals surface area contributed by atoms with Crippen LogP contribution in [0.15, 0.2) is 30.5 Å². The number of likely N-dealkylation sites (tertiary alicyclic amines) is 1. The molecule has 1 aromatic carbocycles. The second-order valence-corrected chi connectivity index (χ2v) is 5.56. The summed E-state index contributed by atoms with van der Waals surface area (Å²) in [7, 11) is 0. The molecule has 1 aliphatic heterocycles. The lowest BCUT2D eigenvalue weighted by molar-refractivity contribution is 0.0680. The van der Waals surface area contributed by atoms with E-state index in [2.05, 4.69) is 11.9 Å². The quantitative estimate of drug-likeness (QED) is 0.867. The number of carbonyl (C=O) groups excluding carboxylic acids is 1. The van der Waals surface area contributed by atoms with Gasteiger partial charge in [-0.1, -0.05) is 13.0 Å². The number of amides is 1. The summed E-state index contributed by atoms with van der Waals surface area (Å²) in [6.45, 7) is 3.68. The predicted octanol–water partition coefficient (Wildman–Crippen LogP) is 2.81. The van der Waals surface area contributed by atoms with Crippen molar-refractivity contribution in [2.24, 2.45) is 5.92 Å². The number of aromatic nitrogens is 1. The van der Waals surface area contributed by atoms with Crippen LogP contribution < -0.4 is 0 Å². The monoisotopic (exact) mass is 270 g/mol. The number of phenols is 1. The first-order chi connectivity index (χ1) is 9.65. The van der Waals surface area contributed by atoms with Gasteiger partial charge in [0.05, 0.1) is 11.1 Å². The summed E-state index contributed by atoms with van der Waals surface area (Å²) in [5, 5.41) is 10.9. The molecule has 4 nitrogen and oxygen atoms in total. The number of piperidine rings is 1. The molecule has 2 aromatic rings. The summed E-state index contributed by atoms with van der Waals surface area (Å²) < 4.78 is 0. The van der Waals surface area contributed by atoms with Gasteiger partial charge >= 0.3 is 0 Å². The van der Waals surface area contributed by atoms with E-state index in [1.807, 2.05) is 17.0 Å². The zero-order chi connectivity index (χ0) is 14.1. The number of carbonyl (C=O) groups is 1. The SMILES string of the molecule is CC1CCCN(C(=O)c2cc3ncccc3cc2O)C1. The molecule has 2 heterocycles. The molecule has 1 atom stereocenters. The van der Waals surface area contributed by atoms with Crippen LogP contribution in [0.4, 0.5) is 0 Å². The highest BCUT2D eigenvalue weighted by Gasteiger charge is 2.24. The van der Waals surface area contributed by atoms with Gasteiger partial charge in [-0.25, -0.2) is 0 Å². The van der Waals surface area contributed by atoms with Gasteiger partial charge in [-0.3, -0.25) is 9.78 Å². The lowest BCUT2D eigenvalue weighted by Crippen LogP contribution is -2.39. The molecule has 1 amide bonds. The van der Waals surface area contributed by atoms with Crippen molar-refractivity contribution in [3.8, 4) is 5.75 Å². The fourth-order valence-corrected chi connectivity index (χ4v) is 2.82. The normalized spacial score (nSPS) is 19.2. The molecule has 1 aliphatic rings. The topological polar surface area (TPSA) is 53.4 Å². The zero-order valence-electron chi connectivity index (χ0n) is 11.5. The van der Waals surface area contributed by atoms with Gasteiger partial charge in [-0.2, -0.15) is 0 Å². The van der Waals surface area contributed by atoms with Gasteiger partial charge in [0, 0.05) is 24.7 Å². The second kappa shape index (κ2) is 5.12. The molecule has 1 aromatic heterocycles. The number of hydrogen-bond acceptors (Lipinski definition) is 3. The third kappa shape index (κ3) is 2.33. The number of phenolic OH excluding ortho intramolecular Hbond substituents is 1. The van der Waals surface area contributed by atoms with E-state index in [1.54, 1.807) is 18.3 Å². The van der Waals surface area contributed by atoms with Crippen LogP contribution in [0, 0.1) is 5.92 Å². The molecule has 1 fully saturated rings. The summed E-state index contributed by atoms with van der Waals surface area (Å²) >= 11 is 0. The van der Waals surface area contributed by atoms with Gasteiger partial charge in [0.25, 0.3) is 5.91 Å². The van der Waals surface area contributed by atoms with Crippen LogP contribution in [0.1, 0.15) is 30.1 Å². The smallest absolute Gasteiger partial charge is 0.257 e. The minimum atomic E-state index is -0.0957. The fourth-order valence-electron chi connectivity index (χ4n) is 2.82. The predicted molar refractivity (Wildman–Crippen MR) is 77.7 cm³/mol. The number of benzene rings is 1. The molecule has 20 heavy (non-hydrogen) atoms. The molecular formula is C16H18N2O2. The van der Waals surface area contributed by atoms with Crippen LogP contribution in [-0.4, -0.2) is 34.0 Å². The Morgan fingerprint density at radius 3 is 3.10 bits per heavy atom. The van der Waals surface area contributed by atoms with E-state index in [9.17, 15) is 9.90 Å². The van der Waals surface area contributed by atoms with Gasteiger partial charge < -0.3 is 10.0 Å². The Hall–Kier alpha value is -2.10. The van der Waals surface area contributed by atoms with E-state index >= 15 is 0 Å². The second-order valence-electron chi connectivity index (χ2n) is 5.56. The van der Waals surface area contributed by atoms with Gasteiger partial charge in [0.15, 0.2) is 0 Å². The molecule has 1 N–H and O–H groups in total. The van der Waals surface area contributed by atoms with Crippen molar-refractivity contribution in [1.82, 2.24) is 9.88 Å². The highest BCUT2D eigenvalue weighted by atomic mass is 16.3. The Balaban J connectivity index is 1.96. The highest BCUT2D eigenvalue weighted by Crippen LogP contribution is 2.26. The molecule has 1 saturated heterocycles. The van der Waals surface area contributed by atoms with Crippen LogP contribution >= 0.6 is 0 Å². The lowest BCUT2D eigenvalue weighted by Gasteiger charge is -2.31. The molecule has 4 heteroatoms. The third-order valence-corrected chi connectivity index (χ3v) is 3.90. The van der Waals surface area contributed by atoms with Crippen LogP contribution in [0.25, 0.3) is 10.9 Å². The molecule has 0 aliphatic carbocycles. The van der Waals surface area contributed by atoms with Crippen molar-refractivity contribution in [3.05, 3.63) is 36.0 Å². The van der Waals surface area contributed by atoms with E-state index in [0.29, 0.717) is 11.5 Å². The number of aromatic hydroxyl groups is 1. The molecule has 0 saturated carbocycles. The number of hydrogen-bond donors (Lipinski definition) is 1. The molecule has 0 bridgehead atoms. The number of pyridine rings is 1. The summed E-state index contributed by atoms with van der Waals surface area (Å²) in [5.74, 6) is 0.462. The van der Waals surface area contributed by atoms with Crippen molar-refractivity contribution in [2.45, 2.75) is 19.8 Å². The summed E-state index contributed by atoms with van der Waals surface area (Å²) in [4.78, 5) is 18.6. The van der Waals surface area contributed by atoms with Gasteiger partial charge in [0.1, 0.15) is 5.75 Å². The Kier molecular flexibility index (Phi) is 3.30. The molecule has 0 spiro atoms. The van der Waals surface area contributed by atoms with E-state index in [1.165, 1.54) is 0 Å². The highest BCUT2D eigenvalue weighted by molar-refractivity contribution is 6.00. The standard InChI is InChI=1S/C16H18N2O2/c1-11-4-3-7-18(10-11)16(20)13-9-14-12(8-15(13)19)5-2-6-17-14/h2,5-6,8-9,11,19H,3-4,7,10H2,1H3. The molecule has 104 valence electrons. The lowest BCUT2D eigenvalue weighted by atomic mass is 9.99. The van der Waals surface area contributed by atoms with Crippen LogP contribution in [0.5, 0.6) is 5.75 Å². The number of fused-ring (bicyclic) bond motifs is 1. The number of rotatable bonds is 1. The maximum Gasteiger partial charge on any atom is 0.257 e.